The molecule has 1 aliphatic heterocycles. The van der Waals surface area contributed by atoms with Gasteiger partial charge in [0.05, 0.1) is 4.92 Å². The molecule has 0 bridgehead atoms. The number of amides is 1. The summed E-state index contributed by atoms with van der Waals surface area (Å²) in [5.41, 5.74) is -0.175. The van der Waals surface area contributed by atoms with E-state index in [1.165, 1.54) is 31.2 Å². The molecule has 33 heavy (non-hydrogen) atoms. The van der Waals surface area contributed by atoms with Crippen molar-refractivity contribution in [3.63, 3.8) is 0 Å². The maximum absolute atomic E-state index is 11.9. The Balaban J connectivity index is 2.43. The molecule has 0 saturated carbocycles. The van der Waals surface area contributed by atoms with E-state index in [-0.39, 0.29) is 18.0 Å². The van der Waals surface area contributed by atoms with Gasteiger partial charge in [-0.3, -0.25) is 29.3 Å². The molecule has 1 N–H and O–H groups in total. The van der Waals surface area contributed by atoms with Crippen molar-refractivity contribution in [2.75, 3.05) is 6.61 Å². The van der Waals surface area contributed by atoms with Crippen LogP contribution in [0, 0.1) is 10.1 Å². The van der Waals surface area contributed by atoms with Gasteiger partial charge in [-0.05, 0) is 12.1 Å². The van der Waals surface area contributed by atoms with Crippen LogP contribution < -0.4 is 10.1 Å². The molecule has 0 radical (unpaired) electrons. The fourth-order valence-electron chi connectivity index (χ4n) is 3.17. The Bertz CT molecular complexity index is 902. The van der Waals surface area contributed by atoms with Crippen molar-refractivity contribution in [2.24, 2.45) is 0 Å². The fraction of sp³-hybridized carbons (Fsp3) is 0.500. The molecule has 13 heteroatoms. The van der Waals surface area contributed by atoms with E-state index in [4.69, 9.17) is 23.7 Å². The molecular weight excluding hydrogens is 444 g/mol. The van der Waals surface area contributed by atoms with Crippen LogP contribution in [0.25, 0.3) is 0 Å². The van der Waals surface area contributed by atoms with E-state index >= 15 is 0 Å². The summed E-state index contributed by atoms with van der Waals surface area (Å²) in [5, 5.41) is 13.4. The predicted molar refractivity (Wildman–Crippen MR) is 108 cm³/mol. The monoisotopic (exact) mass is 468 g/mol. The second-order valence-electron chi connectivity index (χ2n) is 7.09. The molecule has 13 nitrogen and oxygen atoms in total. The molecule has 0 aromatic heterocycles. The molecule has 0 aliphatic carbocycles. The van der Waals surface area contributed by atoms with Gasteiger partial charge in [0.25, 0.3) is 5.69 Å². The molecule has 1 fully saturated rings. The number of non-ortho nitro benzene ring substituents is 1. The van der Waals surface area contributed by atoms with Crippen molar-refractivity contribution in [1.82, 2.24) is 5.32 Å². The molecule has 1 aromatic rings. The molecule has 1 heterocycles. The molecule has 180 valence electrons. The summed E-state index contributed by atoms with van der Waals surface area (Å²) in [5.74, 6) is -2.50. The summed E-state index contributed by atoms with van der Waals surface area (Å²) in [6, 6.07) is 3.87. The quantitative estimate of drug-likeness (QED) is 0.246. The summed E-state index contributed by atoms with van der Waals surface area (Å²) >= 11 is 0. The van der Waals surface area contributed by atoms with Gasteiger partial charge in [0.1, 0.15) is 24.5 Å². The second kappa shape index (κ2) is 11.2. The first-order chi connectivity index (χ1) is 15.5. The van der Waals surface area contributed by atoms with Crippen molar-refractivity contribution in [1.29, 1.82) is 0 Å². The minimum absolute atomic E-state index is 0.139. The Morgan fingerprint density at radius 1 is 0.970 bits per heavy atom. The molecule has 1 saturated heterocycles. The zero-order valence-electron chi connectivity index (χ0n) is 18.3. The third kappa shape index (κ3) is 7.42. The van der Waals surface area contributed by atoms with Gasteiger partial charge < -0.3 is 29.0 Å². The van der Waals surface area contributed by atoms with E-state index in [0.717, 1.165) is 20.8 Å². The summed E-state index contributed by atoms with van der Waals surface area (Å²) in [6.07, 6.45) is -4.96. The lowest BCUT2D eigenvalue weighted by Crippen LogP contribution is -2.67. The van der Waals surface area contributed by atoms with Gasteiger partial charge in [0.15, 0.2) is 12.2 Å². The highest BCUT2D eigenvalue weighted by atomic mass is 16.7. The second-order valence-corrected chi connectivity index (χ2v) is 7.09. The Morgan fingerprint density at radius 2 is 1.55 bits per heavy atom. The van der Waals surface area contributed by atoms with Crippen LogP contribution in [0.3, 0.4) is 0 Å². The molecular formula is C20H24N2O11. The number of hydrogen-bond acceptors (Lipinski definition) is 11. The van der Waals surface area contributed by atoms with Gasteiger partial charge in [-0.25, -0.2) is 0 Å². The van der Waals surface area contributed by atoms with Crippen molar-refractivity contribution >= 4 is 29.5 Å². The zero-order valence-corrected chi connectivity index (χ0v) is 18.3. The van der Waals surface area contributed by atoms with Crippen molar-refractivity contribution in [3.8, 4) is 5.75 Å². The normalized spacial score (nSPS) is 24.2. The minimum Gasteiger partial charge on any atom is -0.463 e. The van der Waals surface area contributed by atoms with Crippen LogP contribution in [0.5, 0.6) is 5.75 Å². The Morgan fingerprint density at radius 3 is 2.03 bits per heavy atom. The summed E-state index contributed by atoms with van der Waals surface area (Å²) in [7, 11) is 0. The van der Waals surface area contributed by atoms with E-state index < -0.39 is 59.4 Å². The Hall–Kier alpha value is -3.74. The van der Waals surface area contributed by atoms with Gasteiger partial charge in [-0.15, -0.1) is 0 Å². The zero-order chi connectivity index (χ0) is 24.7. The maximum atomic E-state index is 11.9. The Labute approximate surface area is 188 Å². The number of nitro benzene ring substituents is 1. The number of carbonyl (C=O) groups is 4. The highest BCUT2D eigenvalue weighted by Crippen LogP contribution is 2.29. The largest absolute Gasteiger partial charge is 0.463 e. The number of hydrogen-bond donors (Lipinski definition) is 1. The molecule has 2 rings (SSSR count). The number of nitrogens with zero attached hydrogens (tertiary/aromatic N) is 1. The number of nitro groups is 1. The van der Waals surface area contributed by atoms with E-state index in [2.05, 4.69) is 5.32 Å². The van der Waals surface area contributed by atoms with E-state index in [1.54, 1.807) is 0 Å². The predicted octanol–water partition coefficient (Wildman–Crippen LogP) is 0.630. The Kier molecular flexibility index (Phi) is 8.68. The van der Waals surface area contributed by atoms with Crippen molar-refractivity contribution in [3.05, 3.63) is 34.4 Å². The van der Waals surface area contributed by atoms with E-state index in [0.29, 0.717) is 0 Å². The third-order valence-corrected chi connectivity index (χ3v) is 4.37. The van der Waals surface area contributed by atoms with Gasteiger partial charge in [-0.2, -0.15) is 0 Å². The van der Waals surface area contributed by atoms with Crippen LogP contribution >= 0.6 is 0 Å². The summed E-state index contributed by atoms with van der Waals surface area (Å²) < 4.78 is 27.2. The molecule has 0 unspecified atom stereocenters. The topological polar surface area (TPSA) is 170 Å². The van der Waals surface area contributed by atoms with E-state index in [1.807, 2.05) is 0 Å². The lowest BCUT2D eigenvalue weighted by atomic mass is 9.96. The van der Waals surface area contributed by atoms with Crippen LogP contribution in [-0.4, -0.2) is 66.0 Å². The van der Waals surface area contributed by atoms with Gasteiger partial charge in [-0.1, -0.05) is 0 Å². The SMILES string of the molecule is CC(=O)N[C@H]1[C@@H](Oc2ccc([N+](=O)[O-])cc2)O[C@@H](COC(C)=O)[C@@H](OC(C)=O)[C@@H]1OC(C)=O. The molecule has 0 spiro atoms. The lowest BCUT2D eigenvalue weighted by Gasteiger charge is -2.44. The third-order valence-electron chi connectivity index (χ3n) is 4.37. The average molecular weight is 468 g/mol. The fourth-order valence-corrected chi connectivity index (χ4v) is 3.17. The summed E-state index contributed by atoms with van der Waals surface area (Å²) in [4.78, 5) is 57.0. The smallest absolute Gasteiger partial charge is 0.303 e. The molecule has 1 aromatic carbocycles. The van der Waals surface area contributed by atoms with Gasteiger partial charge in [0, 0.05) is 39.8 Å². The van der Waals surface area contributed by atoms with Crippen LogP contribution in [0.1, 0.15) is 27.7 Å². The van der Waals surface area contributed by atoms with Crippen LogP contribution in [0.15, 0.2) is 24.3 Å². The number of benzene rings is 1. The molecule has 1 aliphatic rings. The standard InChI is InChI=1S/C20H24N2O11/c1-10(23)21-17-19(31-13(4)26)18(30-12(3)25)16(9-29-11(2)24)33-20(17)32-15-7-5-14(6-8-15)22(27)28/h5-8,16-20H,9H2,1-4H3,(H,21,23)/t16-,17+,18+,19+,20-/m0/s1. The van der Waals surface area contributed by atoms with Crippen LogP contribution in [0.4, 0.5) is 5.69 Å². The first-order valence-electron chi connectivity index (χ1n) is 9.79. The number of carbonyl (C=O) groups excluding carboxylic acids is 4. The first-order valence-corrected chi connectivity index (χ1v) is 9.79. The molecule has 1 amide bonds. The highest BCUT2D eigenvalue weighted by molar-refractivity contribution is 5.73. The number of nitrogens with one attached hydrogen (secondary N) is 1. The maximum Gasteiger partial charge on any atom is 0.303 e. The van der Waals surface area contributed by atoms with Crippen molar-refractivity contribution < 1.29 is 47.8 Å². The first kappa shape index (κ1) is 25.5. The minimum atomic E-state index is -1.31. The van der Waals surface area contributed by atoms with Crippen molar-refractivity contribution in [2.45, 2.75) is 58.3 Å². The molecule has 5 atom stereocenters. The number of ether oxygens (including phenoxy) is 5. The van der Waals surface area contributed by atoms with Gasteiger partial charge in [0.2, 0.25) is 12.2 Å². The van der Waals surface area contributed by atoms with Crippen LogP contribution in [-0.2, 0) is 38.1 Å². The van der Waals surface area contributed by atoms with E-state index in [9.17, 15) is 29.3 Å². The van der Waals surface area contributed by atoms with Gasteiger partial charge >= 0.3 is 17.9 Å². The number of rotatable bonds is 8. The summed E-state index contributed by atoms with van der Waals surface area (Å²) in [6.45, 7) is 4.24. The number of esters is 3. The highest BCUT2D eigenvalue weighted by Gasteiger charge is 2.51. The van der Waals surface area contributed by atoms with Crippen LogP contribution in [0.2, 0.25) is 0 Å². The lowest BCUT2D eigenvalue weighted by molar-refractivity contribution is -0.384. The average Bonchev–Trinajstić information content (AvgIpc) is 2.70.